The summed E-state index contributed by atoms with van der Waals surface area (Å²) in [5.74, 6) is 1.48. The summed E-state index contributed by atoms with van der Waals surface area (Å²) >= 11 is 0. The quantitative estimate of drug-likeness (QED) is 0.820. The number of amides is 1. The van der Waals surface area contributed by atoms with E-state index in [9.17, 15) is 4.79 Å². The third-order valence-electron chi connectivity index (χ3n) is 6.23. The summed E-state index contributed by atoms with van der Waals surface area (Å²) in [6.45, 7) is 2.17. The lowest BCUT2D eigenvalue weighted by Gasteiger charge is -2.38. The first-order valence-electron chi connectivity index (χ1n) is 10.3. The van der Waals surface area contributed by atoms with Gasteiger partial charge in [-0.3, -0.25) is 4.79 Å². The van der Waals surface area contributed by atoms with Gasteiger partial charge in [-0.15, -0.1) is 0 Å². The number of aromatic nitrogens is 2. The van der Waals surface area contributed by atoms with Gasteiger partial charge < -0.3 is 14.2 Å². The molecule has 5 rings (SSSR count). The van der Waals surface area contributed by atoms with Crippen LogP contribution in [0.15, 0.2) is 24.7 Å². The summed E-state index contributed by atoms with van der Waals surface area (Å²) in [5, 5.41) is 0. The molecule has 0 N–H and O–H groups in total. The largest absolute Gasteiger partial charge is 0.489 e. The van der Waals surface area contributed by atoms with Crippen LogP contribution in [0.2, 0.25) is 0 Å². The van der Waals surface area contributed by atoms with Crippen molar-refractivity contribution in [3.8, 4) is 17.0 Å². The number of nitrogens with zero attached hydrogens (tertiary/aromatic N) is 3. The van der Waals surface area contributed by atoms with Crippen molar-refractivity contribution in [1.82, 2.24) is 9.55 Å². The number of carbonyl (C=O) groups excluding carboxylic acids is 1. The molecular weight excluding hydrogens is 338 g/mol. The zero-order chi connectivity index (χ0) is 18.5. The third-order valence-corrected chi connectivity index (χ3v) is 6.23. The summed E-state index contributed by atoms with van der Waals surface area (Å²) < 4.78 is 8.46. The first-order chi connectivity index (χ1) is 13.1. The topological polar surface area (TPSA) is 47.4 Å². The smallest absolute Gasteiger partial charge is 0.230 e. The van der Waals surface area contributed by atoms with Crippen LogP contribution in [0.1, 0.15) is 51.0 Å². The van der Waals surface area contributed by atoms with Crippen molar-refractivity contribution in [3.63, 3.8) is 0 Å². The maximum absolute atomic E-state index is 13.0. The fourth-order valence-corrected chi connectivity index (χ4v) is 4.21. The highest BCUT2D eigenvalue weighted by molar-refractivity contribution is 5.99. The van der Waals surface area contributed by atoms with E-state index in [0.29, 0.717) is 12.0 Å². The van der Waals surface area contributed by atoms with Crippen molar-refractivity contribution >= 4 is 11.6 Å². The van der Waals surface area contributed by atoms with E-state index in [1.165, 1.54) is 12.0 Å². The molecule has 2 aliphatic carbocycles. The molecule has 0 unspecified atom stereocenters. The van der Waals surface area contributed by atoms with Gasteiger partial charge in [-0.2, -0.15) is 0 Å². The molecule has 2 aromatic rings. The summed E-state index contributed by atoms with van der Waals surface area (Å²) in [4.78, 5) is 19.6. The molecule has 1 atom stereocenters. The van der Waals surface area contributed by atoms with Crippen molar-refractivity contribution in [1.29, 1.82) is 0 Å². The highest BCUT2D eigenvalue weighted by atomic mass is 16.5. The molecule has 2 saturated carbocycles. The van der Waals surface area contributed by atoms with E-state index in [1.54, 1.807) is 0 Å². The Kier molecular flexibility index (Phi) is 3.99. The highest BCUT2D eigenvalue weighted by Crippen LogP contribution is 2.45. The van der Waals surface area contributed by atoms with Crippen LogP contribution < -0.4 is 9.64 Å². The van der Waals surface area contributed by atoms with E-state index < -0.39 is 0 Å². The minimum atomic E-state index is 0.227. The van der Waals surface area contributed by atoms with Gasteiger partial charge in [-0.25, -0.2) is 4.98 Å². The summed E-state index contributed by atoms with van der Waals surface area (Å²) in [5.41, 5.74) is 4.24. The summed E-state index contributed by atoms with van der Waals surface area (Å²) in [6.07, 6.45) is 11.6. The average molecular weight is 365 g/mol. The monoisotopic (exact) mass is 365 g/mol. The normalized spacial score (nSPS) is 22.3. The molecule has 5 nitrogen and oxygen atoms in total. The van der Waals surface area contributed by atoms with Gasteiger partial charge in [0, 0.05) is 36.3 Å². The van der Waals surface area contributed by atoms with E-state index in [1.807, 2.05) is 29.0 Å². The van der Waals surface area contributed by atoms with Crippen LogP contribution in [-0.4, -0.2) is 27.6 Å². The molecule has 1 aliphatic heterocycles. The van der Waals surface area contributed by atoms with Gasteiger partial charge in [0.15, 0.2) is 0 Å². The Morgan fingerprint density at radius 3 is 2.63 bits per heavy atom. The Labute approximate surface area is 160 Å². The molecule has 2 fully saturated rings. The van der Waals surface area contributed by atoms with Gasteiger partial charge in [-0.05, 0) is 64.0 Å². The van der Waals surface area contributed by atoms with Gasteiger partial charge >= 0.3 is 0 Å². The molecule has 0 spiro atoms. The molecule has 0 bridgehead atoms. The number of imidazole rings is 1. The van der Waals surface area contributed by atoms with E-state index in [4.69, 9.17) is 4.74 Å². The van der Waals surface area contributed by atoms with E-state index >= 15 is 0 Å². The van der Waals surface area contributed by atoms with Crippen molar-refractivity contribution in [2.24, 2.45) is 13.0 Å². The van der Waals surface area contributed by atoms with Crippen LogP contribution in [0.4, 0.5) is 5.69 Å². The molecule has 1 amide bonds. The van der Waals surface area contributed by atoms with Gasteiger partial charge in [0.05, 0.1) is 23.8 Å². The van der Waals surface area contributed by atoms with Gasteiger partial charge in [0.1, 0.15) is 5.75 Å². The predicted octanol–water partition coefficient (Wildman–Crippen LogP) is 4.10. The number of aryl methyl sites for hydroxylation is 1. The zero-order valence-corrected chi connectivity index (χ0v) is 16.1. The third kappa shape index (κ3) is 2.93. The molecule has 2 heterocycles. The lowest BCUT2D eigenvalue weighted by atomic mass is 9.91. The fourth-order valence-electron chi connectivity index (χ4n) is 4.21. The lowest BCUT2D eigenvalue weighted by molar-refractivity contribution is -0.120. The van der Waals surface area contributed by atoms with Gasteiger partial charge in [0.25, 0.3) is 0 Å². The lowest BCUT2D eigenvalue weighted by Crippen LogP contribution is -2.43. The molecular formula is C22H27N3O2. The Hall–Kier alpha value is -2.30. The summed E-state index contributed by atoms with van der Waals surface area (Å²) in [7, 11) is 1.99. The number of rotatable bonds is 4. The molecule has 3 aliphatic rings. The number of hydrogen-bond acceptors (Lipinski definition) is 3. The molecule has 1 aromatic carbocycles. The Morgan fingerprint density at radius 2 is 2.00 bits per heavy atom. The highest BCUT2D eigenvalue weighted by Gasteiger charge is 2.39. The minimum Gasteiger partial charge on any atom is -0.489 e. The van der Waals surface area contributed by atoms with Crippen molar-refractivity contribution in [2.45, 2.75) is 64.0 Å². The fraction of sp³-hybridized carbons (Fsp3) is 0.545. The first kappa shape index (κ1) is 16.8. The number of benzene rings is 1. The SMILES string of the molecule is C[C@H]1CCc2c(ccc(-c3cn(C)cn3)c2OC2CCC2)N1C(=O)C1CC1. The number of fused-ring (bicyclic) bond motifs is 1. The molecule has 0 radical (unpaired) electrons. The molecule has 0 saturated heterocycles. The molecule has 5 heteroatoms. The molecule has 142 valence electrons. The number of ether oxygens (including phenoxy) is 1. The van der Waals surface area contributed by atoms with Crippen molar-refractivity contribution in [2.75, 3.05) is 4.90 Å². The zero-order valence-electron chi connectivity index (χ0n) is 16.1. The first-order valence-corrected chi connectivity index (χ1v) is 10.3. The van der Waals surface area contributed by atoms with Crippen LogP contribution in [0.5, 0.6) is 5.75 Å². The number of carbonyl (C=O) groups is 1. The van der Waals surface area contributed by atoms with Crippen LogP contribution in [-0.2, 0) is 18.3 Å². The van der Waals surface area contributed by atoms with Gasteiger partial charge in [-0.1, -0.05) is 0 Å². The van der Waals surface area contributed by atoms with Crippen molar-refractivity contribution < 1.29 is 9.53 Å². The Morgan fingerprint density at radius 1 is 1.19 bits per heavy atom. The van der Waals surface area contributed by atoms with Crippen LogP contribution >= 0.6 is 0 Å². The second-order valence-electron chi connectivity index (χ2n) is 8.41. The second-order valence-corrected chi connectivity index (χ2v) is 8.41. The van der Waals surface area contributed by atoms with Crippen LogP contribution in [0.25, 0.3) is 11.3 Å². The molecule has 1 aromatic heterocycles. The van der Waals surface area contributed by atoms with E-state index in [0.717, 1.165) is 61.2 Å². The van der Waals surface area contributed by atoms with Crippen molar-refractivity contribution in [3.05, 3.63) is 30.2 Å². The second kappa shape index (κ2) is 6.39. The molecule has 27 heavy (non-hydrogen) atoms. The maximum Gasteiger partial charge on any atom is 0.230 e. The maximum atomic E-state index is 13.0. The minimum absolute atomic E-state index is 0.227. The Balaban J connectivity index is 1.61. The standard InChI is InChI=1S/C22H27N3O2/c1-14-6-9-18-20(25(14)22(26)15-7-8-15)11-10-17(19-12-24(2)13-23-19)21(18)27-16-4-3-5-16/h10-16H,3-9H2,1-2H3/t14-/m0/s1. The average Bonchev–Trinajstić information content (AvgIpc) is 3.38. The van der Waals surface area contributed by atoms with E-state index in [-0.39, 0.29) is 12.0 Å². The predicted molar refractivity (Wildman–Crippen MR) is 105 cm³/mol. The Bertz CT molecular complexity index is 880. The number of hydrogen-bond donors (Lipinski definition) is 0. The summed E-state index contributed by atoms with van der Waals surface area (Å²) in [6, 6.07) is 4.46. The van der Waals surface area contributed by atoms with E-state index in [2.05, 4.69) is 24.0 Å². The van der Waals surface area contributed by atoms with Crippen LogP contribution in [0.3, 0.4) is 0 Å². The van der Waals surface area contributed by atoms with Gasteiger partial charge in [0.2, 0.25) is 5.91 Å². The van der Waals surface area contributed by atoms with Crippen LogP contribution in [0, 0.1) is 5.92 Å². The number of anilines is 1.